The summed E-state index contributed by atoms with van der Waals surface area (Å²) < 4.78 is 3.45. The van der Waals surface area contributed by atoms with Crippen LogP contribution in [0, 0.1) is 6.92 Å². The Morgan fingerprint density at radius 1 is 1.25 bits per heavy atom. The van der Waals surface area contributed by atoms with Crippen molar-refractivity contribution in [2.45, 2.75) is 26.7 Å². The minimum Gasteiger partial charge on any atom is -0.269 e. The zero-order valence-corrected chi connectivity index (χ0v) is 10.4. The quantitative estimate of drug-likeness (QED) is 0.642. The number of nitrogens with zero attached hydrogens (tertiary/aromatic N) is 3. The Labute approximate surface area is 97.7 Å². The van der Waals surface area contributed by atoms with E-state index in [-0.39, 0.29) is 0 Å². The molecule has 4 heteroatoms. The maximum atomic E-state index is 4.25. The minimum absolute atomic E-state index is 0.397. The second-order valence-electron chi connectivity index (χ2n) is 4.40. The van der Waals surface area contributed by atoms with Gasteiger partial charge in [0.25, 0.3) is 0 Å². The molecule has 0 unspecified atom stereocenters. The van der Waals surface area contributed by atoms with E-state index in [0.717, 1.165) is 10.8 Å². The molecule has 0 aliphatic rings. The lowest BCUT2D eigenvalue weighted by molar-refractivity contribution is 0.766. The standard InChI is InChI=1S/C12H13N3S/c1-7(2)11-13-14-12-15(11)9-5-4-8(3)6-10(9)16-12/h4-7H,1-3H3. The molecule has 3 rings (SSSR count). The number of hydrogen-bond acceptors (Lipinski definition) is 3. The SMILES string of the molecule is Cc1ccc2c(c1)sc1nnc(C(C)C)n12. The van der Waals surface area contributed by atoms with Crippen molar-refractivity contribution in [2.24, 2.45) is 0 Å². The van der Waals surface area contributed by atoms with Crippen molar-refractivity contribution in [2.75, 3.05) is 0 Å². The summed E-state index contributed by atoms with van der Waals surface area (Å²) in [5.74, 6) is 1.44. The zero-order valence-electron chi connectivity index (χ0n) is 9.56. The number of benzene rings is 1. The molecular formula is C12H13N3S. The first-order valence-corrected chi connectivity index (χ1v) is 6.22. The smallest absolute Gasteiger partial charge is 0.217 e. The minimum atomic E-state index is 0.397. The highest BCUT2D eigenvalue weighted by molar-refractivity contribution is 7.23. The maximum Gasteiger partial charge on any atom is 0.217 e. The fourth-order valence-electron chi connectivity index (χ4n) is 1.93. The molecule has 0 aliphatic carbocycles. The Morgan fingerprint density at radius 3 is 2.81 bits per heavy atom. The highest BCUT2D eigenvalue weighted by atomic mass is 32.1. The van der Waals surface area contributed by atoms with Crippen LogP contribution in [0.2, 0.25) is 0 Å². The van der Waals surface area contributed by atoms with E-state index in [1.807, 2.05) is 0 Å². The van der Waals surface area contributed by atoms with E-state index in [9.17, 15) is 0 Å². The van der Waals surface area contributed by atoms with Crippen LogP contribution in [0.25, 0.3) is 15.2 Å². The number of aryl methyl sites for hydroxylation is 1. The molecule has 2 aromatic heterocycles. The van der Waals surface area contributed by atoms with E-state index < -0.39 is 0 Å². The molecule has 3 nitrogen and oxygen atoms in total. The Kier molecular flexibility index (Phi) is 2.01. The lowest BCUT2D eigenvalue weighted by Gasteiger charge is -2.01. The van der Waals surface area contributed by atoms with E-state index in [1.165, 1.54) is 15.8 Å². The highest BCUT2D eigenvalue weighted by Crippen LogP contribution is 2.28. The molecule has 0 aliphatic heterocycles. The van der Waals surface area contributed by atoms with E-state index in [0.29, 0.717) is 5.92 Å². The molecule has 0 saturated heterocycles. The highest BCUT2D eigenvalue weighted by Gasteiger charge is 2.14. The van der Waals surface area contributed by atoms with Crippen LogP contribution in [0.3, 0.4) is 0 Å². The molecule has 0 spiro atoms. The second kappa shape index (κ2) is 3.28. The summed E-state index contributed by atoms with van der Waals surface area (Å²) in [6, 6.07) is 6.50. The van der Waals surface area contributed by atoms with Crippen LogP contribution in [0.4, 0.5) is 0 Å². The summed E-state index contributed by atoms with van der Waals surface area (Å²) in [4.78, 5) is 0.990. The van der Waals surface area contributed by atoms with E-state index >= 15 is 0 Å². The number of rotatable bonds is 1. The Bertz CT molecular complexity index is 663. The van der Waals surface area contributed by atoms with Gasteiger partial charge in [-0.3, -0.25) is 4.40 Å². The molecule has 16 heavy (non-hydrogen) atoms. The average Bonchev–Trinajstić information content (AvgIpc) is 2.74. The van der Waals surface area contributed by atoms with Gasteiger partial charge in [-0.1, -0.05) is 31.3 Å². The van der Waals surface area contributed by atoms with Crippen LogP contribution in [0.1, 0.15) is 31.2 Å². The van der Waals surface area contributed by atoms with E-state index in [1.54, 1.807) is 11.3 Å². The van der Waals surface area contributed by atoms with Crippen molar-refractivity contribution in [3.63, 3.8) is 0 Å². The average molecular weight is 231 g/mol. The van der Waals surface area contributed by atoms with Crippen LogP contribution in [0.15, 0.2) is 18.2 Å². The van der Waals surface area contributed by atoms with Crippen LogP contribution < -0.4 is 0 Å². The van der Waals surface area contributed by atoms with E-state index in [2.05, 4.69) is 53.6 Å². The first-order chi connectivity index (χ1) is 7.66. The van der Waals surface area contributed by atoms with Crippen LogP contribution in [-0.2, 0) is 0 Å². The fourth-order valence-corrected chi connectivity index (χ4v) is 3.00. The molecule has 82 valence electrons. The van der Waals surface area contributed by atoms with Crippen molar-refractivity contribution >= 4 is 26.5 Å². The van der Waals surface area contributed by atoms with Gasteiger partial charge in [-0.2, -0.15) is 0 Å². The van der Waals surface area contributed by atoms with Gasteiger partial charge in [0.15, 0.2) is 0 Å². The van der Waals surface area contributed by atoms with Gasteiger partial charge in [0.2, 0.25) is 4.96 Å². The molecule has 0 bridgehead atoms. The van der Waals surface area contributed by atoms with Gasteiger partial charge in [0, 0.05) is 5.92 Å². The van der Waals surface area contributed by atoms with Crippen LogP contribution >= 0.6 is 11.3 Å². The lowest BCUT2D eigenvalue weighted by Crippen LogP contribution is -1.95. The second-order valence-corrected chi connectivity index (χ2v) is 5.41. The topological polar surface area (TPSA) is 30.2 Å². The third kappa shape index (κ3) is 1.26. The normalized spacial score (nSPS) is 12.0. The summed E-state index contributed by atoms with van der Waals surface area (Å²) in [5.41, 5.74) is 2.51. The molecule has 1 aromatic carbocycles. The number of aromatic nitrogens is 3. The molecule has 0 atom stereocenters. The first kappa shape index (κ1) is 9.78. The summed E-state index contributed by atoms with van der Waals surface area (Å²) in [5, 5.41) is 8.49. The Balaban J connectivity index is 2.45. The molecule has 3 aromatic rings. The van der Waals surface area contributed by atoms with Gasteiger partial charge < -0.3 is 0 Å². The predicted octanol–water partition coefficient (Wildman–Crippen LogP) is 3.38. The van der Waals surface area contributed by atoms with Crippen molar-refractivity contribution in [3.05, 3.63) is 29.6 Å². The molecule has 0 N–H and O–H groups in total. The number of fused-ring (bicyclic) bond motifs is 3. The largest absolute Gasteiger partial charge is 0.269 e. The first-order valence-electron chi connectivity index (χ1n) is 5.41. The van der Waals surface area contributed by atoms with Gasteiger partial charge >= 0.3 is 0 Å². The number of thiazole rings is 1. The molecule has 0 radical (unpaired) electrons. The third-order valence-corrected chi connectivity index (χ3v) is 3.73. The summed E-state index contributed by atoms with van der Waals surface area (Å²) in [6.45, 7) is 6.41. The summed E-state index contributed by atoms with van der Waals surface area (Å²) >= 11 is 1.70. The van der Waals surface area contributed by atoms with Crippen LogP contribution in [0.5, 0.6) is 0 Å². The maximum absolute atomic E-state index is 4.25. The predicted molar refractivity (Wildman–Crippen MR) is 67.2 cm³/mol. The van der Waals surface area contributed by atoms with Crippen molar-refractivity contribution in [3.8, 4) is 0 Å². The fraction of sp³-hybridized carbons (Fsp3) is 0.333. The van der Waals surface area contributed by atoms with Crippen molar-refractivity contribution in [1.82, 2.24) is 14.6 Å². The summed E-state index contributed by atoms with van der Waals surface area (Å²) in [6.07, 6.45) is 0. The van der Waals surface area contributed by atoms with Crippen molar-refractivity contribution in [1.29, 1.82) is 0 Å². The number of hydrogen-bond donors (Lipinski definition) is 0. The molecular weight excluding hydrogens is 218 g/mol. The summed E-state index contributed by atoms with van der Waals surface area (Å²) in [7, 11) is 0. The monoisotopic (exact) mass is 231 g/mol. The van der Waals surface area contributed by atoms with Gasteiger partial charge in [0.05, 0.1) is 10.2 Å². The molecule has 0 saturated carbocycles. The van der Waals surface area contributed by atoms with Gasteiger partial charge in [-0.25, -0.2) is 0 Å². The Hall–Kier alpha value is -1.42. The van der Waals surface area contributed by atoms with Gasteiger partial charge in [-0.05, 0) is 24.6 Å². The van der Waals surface area contributed by atoms with Crippen molar-refractivity contribution < 1.29 is 0 Å². The molecule has 0 amide bonds. The lowest BCUT2D eigenvalue weighted by atomic mass is 10.2. The van der Waals surface area contributed by atoms with Gasteiger partial charge in [0.1, 0.15) is 5.82 Å². The molecule has 2 heterocycles. The van der Waals surface area contributed by atoms with E-state index in [4.69, 9.17) is 0 Å². The third-order valence-electron chi connectivity index (χ3n) is 2.73. The van der Waals surface area contributed by atoms with Crippen LogP contribution in [-0.4, -0.2) is 14.6 Å². The van der Waals surface area contributed by atoms with Gasteiger partial charge in [-0.15, -0.1) is 10.2 Å². The molecule has 0 fully saturated rings. The Morgan fingerprint density at radius 2 is 2.06 bits per heavy atom. The zero-order chi connectivity index (χ0) is 11.3.